The average molecular weight is 421 g/mol. The number of carbonyl (C=O) groups is 1. The maximum atomic E-state index is 13.4. The normalized spacial score (nSPS) is 11.7. The molecule has 0 aliphatic rings. The van der Waals surface area contributed by atoms with Gasteiger partial charge in [0.2, 0.25) is 0 Å². The summed E-state index contributed by atoms with van der Waals surface area (Å²) in [4.78, 5) is 12.1. The van der Waals surface area contributed by atoms with E-state index in [0.29, 0.717) is 11.4 Å². The lowest BCUT2D eigenvalue weighted by Gasteiger charge is -2.26. The molecular weight excluding hydrogens is 404 g/mol. The maximum Gasteiger partial charge on any atom is 0.355 e. The van der Waals surface area contributed by atoms with Gasteiger partial charge in [0.1, 0.15) is 0 Å². The van der Waals surface area contributed by atoms with Crippen LogP contribution in [-0.4, -0.2) is 9.70 Å². The molecule has 0 spiro atoms. The second-order valence-corrected chi connectivity index (χ2v) is 9.57. The summed E-state index contributed by atoms with van der Waals surface area (Å²) in [5, 5.41) is 7.96. The Morgan fingerprint density at radius 1 is 0.880 bits per heavy atom. The molecule has 2 aromatic carbocycles. The quantitative estimate of drug-likeness (QED) is 0.446. The molecular formula is C16H17Cl3N3O2P. The molecule has 0 atom stereocenters. The van der Waals surface area contributed by atoms with Crippen molar-refractivity contribution in [2.24, 2.45) is 0 Å². The summed E-state index contributed by atoms with van der Waals surface area (Å²) in [6.07, 6.45) is 0. The fraction of sp³-hybridized carbons (Fsp3) is 0.188. The Kier molecular flexibility index (Phi) is 6.28. The number of benzene rings is 2. The molecule has 25 heavy (non-hydrogen) atoms. The van der Waals surface area contributed by atoms with E-state index in [-0.39, 0.29) is 0 Å². The predicted octanol–water partition coefficient (Wildman–Crippen LogP) is 5.42. The summed E-state index contributed by atoms with van der Waals surface area (Å²) >= 11 is 16.8. The van der Waals surface area contributed by atoms with Gasteiger partial charge in [-0.05, 0) is 37.1 Å². The zero-order valence-corrected chi connectivity index (χ0v) is 16.7. The summed E-state index contributed by atoms with van der Waals surface area (Å²) in [5.74, 6) is -0.997. The molecule has 0 unspecified atom stereocenters. The van der Waals surface area contributed by atoms with Gasteiger partial charge in [0.15, 0.2) is 0 Å². The standard InChI is InChI=1S/C16H17Cl3N3O2P/c1-11-7-3-5-9-13(11)20-25(24,22-15(23)16(17,18)19)21-14-10-6-4-8-12(14)2/h3-10H,1-2H3,(H3,20,21,22,23,24). The van der Waals surface area contributed by atoms with Gasteiger partial charge in [-0.25, -0.2) is 0 Å². The van der Waals surface area contributed by atoms with Crippen LogP contribution in [0.25, 0.3) is 0 Å². The minimum Gasteiger partial charge on any atom is -0.304 e. The maximum absolute atomic E-state index is 13.4. The molecule has 0 bridgehead atoms. The van der Waals surface area contributed by atoms with Crippen molar-refractivity contribution in [2.75, 3.05) is 10.2 Å². The van der Waals surface area contributed by atoms with Crippen LogP contribution in [0, 0.1) is 13.8 Å². The van der Waals surface area contributed by atoms with E-state index in [2.05, 4.69) is 15.3 Å². The Morgan fingerprint density at radius 2 is 1.28 bits per heavy atom. The number of aryl methyl sites for hydroxylation is 2. The molecule has 9 heteroatoms. The van der Waals surface area contributed by atoms with Gasteiger partial charge in [-0.15, -0.1) is 0 Å². The van der Waals surface area contributed by atoms with Crippen LogP contribution in [0.15, 0.2) is 48.5 Å². The molecule has 134 valence electrons. The summed E-state index contributed by atoms with van der Waals surface area (Å²) in [5.41, 5.74) is 2.85. The molecule has 0 heterocycles. The molecule has 0 aliphatic carbocycles. The molecule has 2 aromatic rings. The summed E-state index contributed by atoms with van der Waals surface area (Å²) in [6.45, 7) is 3.69. The number of nitrogens with one attached hydrogen (secondary N) is 3. The van der Waals surface area contributed by atoms with Crippen LogP contribution >= 0.6 is 42.4 Å². The molecule has 0 fully saturated rings. The van der Waals surface area contributed by atoms with E-state index < -0.39 is 17.3 Å². The van der Waals surface area contributed by atoms with Gasteiger partial charge < -0.3 is 10.2 Å². The Hall–Kier alpha value is -1.39. The van der Waals surface area contributed by atoms with E-state index in [0.717, 1.165) is 11.1 Å². The van der Waals surface area contributed by atoms with E-state index in [1.165, 1.54) is 0 Å². The van der Waals surface area contributed by atoms with Crippen LogP contribution in [0.3, 0.4) is 0 Å². The van der Waals surface area contributed by atoms with Crippen LogP contribution in [0.5, 0.6) is 0 Å². The van der Waals surface area contributed by atoms with Gasteiger partial charge in [0.25, 0.3) is 9.70 Å². The van der Waals surface area contributed by atoms with Gasteiger partial charge in [0.05, 0.1) is 0 Å². The Bertz CT molecular complexity index is 773. The highest BCUT2D eigenvalue weighted by molar-refractivity contribution is 7.65. The number of alkyl halides is 3. The third kappa shape index (κ3) is 5.55. The third-order valence-corrected chi connectivity index (χ3v) is 5.51. The fourth-order valence-electron chi connectivity index (χ4n) is 2.03. The van der Waals surface area contributed by atoms with Crippen molar-refractivity contribution >= 4 is 59.7 Å². The zero-order chi connectivity index (χ0) is 18.7. The van der Waals surface area contributed by atoms with Gasteiger partial charge in [-0.2, -0.15) is 0 Å². The molecule has 0 aromatic heterocycles. The van der Waals surface area contributed by atoms with Crippen molar-refractivity contribution in [3.8, 4) is 0 Å². The smallest absolute Gasteiger partial charge is 0.304 e. The van der Waals surface area contributed by atoms with E-state index in [1.807, 2.05) is 38.1 Å². The van der Waals surface area contributed by atoms with Crippen molar-refractivity contribution in [3.63, 3.8) is 0 Å². The minimum absolute atomic E-state index is 0.580. The molecule has 0 aliphatic heterocycles. The number of halogens is 3. The lowest BCUT2D eigenvalue weighted by molar-refractivity contribution is -0.118. The largest absolute Gasteiger partial charge is 0.355 e. The first-order chi connectivity index (χ1) is 11.6. The van der Waals surface area contributed by atoms with Gasteiger partial charge >= 0.3 is 7.59 Å². The van der Waals surface area contributed by atoms with Gasteiger partial charge in [-0.1, -0.05) is 71.2 Å². The summed E-state index contributed by atoms with van der Waals surface area (Å²) < 4.78 is 11.1. The number of amides is 1. The van der Waals surface area contributed by atoms with Crippen LogP contribution < -0.4 is 15.3 Å². The number of anilines is 2. The Labute approximate surface area is 161 Å². The van der Waals surface area contributed by atoms with Gasteiger partial charge in [0, 0.05) is 11.4 Å². The first-order valence-corrected chi connectivity index (χ1v) is 10.1. The van der Waals surface area contributed by atoms with Crippen molar-refractivity contribution in [2.45, 2.75) is 17.6 Å². The van der Waals surface area contributed by atoms with Crippen molar-refractivity contribution in [1.82, 2.24) is 5.09 Å². The highest BCUT2D eigenvalue weighted by Gasteiger charge is 2.37. The lowest BCUT2D eigenvalue weighted by atomic mass is 10.2. The summed E-state index contributed by atoms with van der Waals surface area (Å²) in [7, 11) is -3.72. The number of hydrogen-bond donors (Lipinski definition) is 3. The minimum atomic E-state index is -3.72. The number of hydrogen-bond acceptors (Lipinski definition) is 2. The molecule has 2 rings (SSSR count). The fourth-order valence-corrected chi connectivity index (χ4v) is 4.17. The highest BCUT2D eigenvalue weighted by Crippen LogP contribution is 2.44. The van der Waals surface area contributed by atoms with Gasteiger partial charge in [-0.3, -0.25) is 14.4 Å². The van der Waals surface area contributed by atoms with Crippen molar-refractivity contribution < 1.29 is 9.36 Å². The van der Waals surface area contributed by atoms with E-state index in [4.69, 9.17) is 34.8 Å². The molecule has 1 amide bonds. The van der Waals surface area contributed by atoms with Crippen LogP contribution in [0.2, 0.25) is 0 Å². The van der Waals surface area contributed by atoms with Crippen LogP contribution in [0.1, 0.15) is 11.1 Å². The molecule has 0 radical (unpaired) electrons. The van der Waals surface area contributed by atoms with Crippen LogP contribution in [-0.2, 0) is 9.36 Å². The Balaban J connectivity index is 2.37. The lowest BCUT2D eigenvalue weighted by Crippen LogP contribution is -2.36. The van der Waals surface area contributed by atoms with Crippen molar-refractivity contribution in [3.05, 3.63) is 59.7 Å². The van der Waals surface area contributed by atoms with E-state index in [9.17, 15) is 9.36 Å². The predicted molar refractivity (Wildman–Crippen MR) is 106 cm³/mol. The third-order valence-electron chi connectivity index (χ3n) is 3.36. The molecule has 0 saturated carbocycles. The van der Waals surface area contributed by atoms with E-state index in [1.54, 1.807) is 24.3 Å². The Morgan fingerprint density at radius 3 is 1.64 bits per heavy atom. The average Bonchev–Trinajstić information content (AvgIpc) is 2.51. The highest BCUT2D eigenvalue weighted by atomic mass is 35.6. The first kappa shape index (κ1) is 19.9. The molecule has 3 N–H and O–H groups in total. The number of carbonyl (C=O) groups excluding carboxylic acids is 1. The monoisotopic (exact) mass is 419 g/mol. The number of para-hydroxylation sites is 2. The zero-order valence-electron chi connectivity index (χ0n) is 13.5. The topological polar surface area (TPSA) is 70.2 Å². The van der Waals surface area contributed by atoms with Crippen molar-refractivity contribution in [1.29, 1.82) is 0 Å². The molecule has 5 nitrogen and oxygen atoms in total. The first-order valence-electron chi connectivity index (χ1n) is 7.28. The van der Waals surface area contributed by atoms with E-state index >= 15 is 0 Å². The van der Waals surface area contributed by atoms with Crippen LogP contribution in [0.4, 0.5) is 11.4 Å². The number of rotatable bonds is 5. The second-order valence-electron chi connectivity index (χ2n) is 5.40. The SMILES string of the molecule is Cc1ccccc1NP(=O)(NC(=O)C(Cl)(Cl)Cl)Nc1ccccc1C. The second kappa shape index (κ2) is 7.88. The summed E-state index contributed by atoms with van der Waals surface area (Å²) in [6, 6.07) is 14.4. The molecule has 0 saturated heterocycles.